The first-order valence-electron chi connectivity index (χ1n) is 11.8. The summed E-state index contributed by atoms with van der Waals surface area (Å²) in [4.78, 5) is 26.0. The van der Waals surface area contributed by atoms with Crippen molar-refractivity contribution < 1.29 is 23.8 Å². The van der Waals surface area contributed by atoms with E-state index in [1.807, 2.05) is 36.4 Å². The van der Waals surface area contributed by atoms with Crippen LogP contribution in [0.3, 0.4) is 0 Å². The molecule has 0 spiro atoms. The van der Waals surface area contributed by atoms with Crippen LogP contribution in [0.5, 0.6) is 0 Å². The Morgan fingerprint density at radius 3 is 1.79 bits per heavy atom. The second-order valence-corrected chi connectivity index (χ2v) is 11.3. The third kappa shape index (κ3) is 3.97. The van der Waals surface area contributed by atoms with Crippen LogP contribution in [-0.2, 0) is 14.2 Å². The maximum atomic E-state index is 13.0. The summed E-state index contributed by atoms with van der Waals surface area (Å²) in [6.07, 6.45) is 0.258. The Bertz CT molecular complexity index is 1030. The molecule has 2 aromatic carbocycles. The first-order chi connectivity index (χ1) is 15.7. The van der Waals surface area contributed by atoms with E-state index in [1.165, 1.54) is 0 Å². The van der Waals surface area contributed by atoms with Gasteiger partial charge in [0.05, 0.1) is 11.1 Å². The lowest BCUT2D eigenvalue weighted by molar-refractivity contribution is -0.0991. The van der Waals surface area contributed by atoms with Crippen molar-refractivity contribution in [1.82, 2.24) is 0 Å². The molecule has 0 radical (unpaired) electrons. The fraction of sp³-hybridized carbons (Fsp3) is 0.500. The minimum Gasteiger partial charge on any atom is -0.452 e. The van der Waals surface area contributed by atoms with Gasteiger partial charge in [0, 0.05) is 0 Å². The highest BCUT2D eigenvalue weighted by Gasteiger charge is 2.68. The lowest BCUT2D eigenvalue weighted by Crippen LogP contribution is -2.57. The van der Waals surface area contributed by atoms with E-state index in [9.17, 15) is 9.59 Å². The van der Waals surface area contributed by atoms with Crippen LogP contribution in [0.1, 0.15) is 61.3 Å². The van der Waals surface area contributed by atoms with Gasteiger partial charge in [0.15, 0.2) is 12.2 Å². The van der Waals surface area contributed by atoms with E-state index in [-0.39, 0.29) is 34.9 Å². The Labute approximate surface area is 195 Å². The van der Waals surface area contributed by atoms with Crippen LogP contribution >= 0.6 is 0 Å². The lowest BCUT2D eigenvalue weighted by atomic mass is 9.52. The van der Waals surface area contributed by atoms with Gasteiger partial charge in [-0.3, -0.25) is 0 Å². The second-order valence-electron chi connectivity index (χ2n) is 11.3. The average Bonchev–Trinajstić information content (AvgIpc) is 3.30. The molecule has 5 heteroatoms. The fourth-order valence-corrected chi connectivity index (χ4v) is 6.92. The standard InChI is InChI=1S/C28H32O5/c1-27(2)15-19-20(28(3,4)16-27)22-24(33-26(30)18-13-9-6-10-14-18)23(21(19)31-22)32-25(29)17-11-7-5-8-12-17/h5-14,19-24H,15-16H2,1-4H3. The molecule has 174 valence electrons. The molecular weight excluding hydrogens is 416 g/mol. The third-order valence-electron chi connectivity index (χ3n) is 7.65. The highest BCUT2D eigenvalue weighted by Crippen LogP contribution is 2.62. The Morgan fingerprint density at radius 1 is 0.788 bits per heavy atom. The molecule has 0 aromatic heterocycles. The predicted molar refractivity (Wildman–Crippen MR) is 124 cm³/mol. The van der Waals surface area contributed by atoms with Gasteiger partial charge in [-0.1, -0.05) is 64.1 Å². The minimum atomic E-state index is -0.628. The number of esters is 2. The average molecular weight is 449 g/mol. The monoisotopic (exact) mass is 448 g/mol. The summed E-state index contributed by atoms with van der Waals surface area (Å²) >= 11 is 0. The first kappa shape index (κ1) is 22.1. The number of benzene rings is 2. The van der Waals surface area contributed by atoms with Gasteiger partial charge < -0.3 is 14.2 Å². The maximum Gasteiger partial charge on any atom is 0.338 e. The molecule has 0 N–H and O–H groups in total. The summed E-state index contributed by atoms with van der Waals surface area (Å²) in [6.45, 7) is 9.18. The van der Waals surface area contributed by atoms with Crippen LogP contribution in [0.2, 0.25) is 0 Å². The summed E-state index contributed by atoms with van der Waals surface area (Å²) < 4.78 is 18.6. The van der Waals surface area contributed by atoms with E-state index in [1.54, 1.807) is 24.3 Å². The molecule has 1 saturated carbocycles. The van der Waals surface area contributed by atoms with E-state index in [0.29, 0.717) is 11.1 Å². The Morgan fingerprint density at radius 2 is 1.27 bits per heavy atom. The van der Waals surface area contributed by atoms with Gasteiger partial charge in [-0.15, -0.1) is 0 Å². The van der Waals surface area contributed by atoms with E-state index >= 15 is 0 Å². The molecule has 5 rings (SSSR count). The van der Waals surface area contributed by atoms with Crippen molar-refractivity contribution >= 4 is 11.9 Å². The van der Waals surface area contributed by atoms with Gasteiger partial charge in [0.25, 0.3) is 0 Å². The highest BCUT2D eigenvalue weighted by atomic mass is 16.6. The molecule has 2 bridgehead atoms. The van der Waals surface area contributed by atoms with Crippen molar-refractivity contribution in [3.8, 4) is 0 Å². The Hall–Kier alpha value is -2.66. The smallest absolute Gasteiger partial charge is 0.338 e. The SMILES string of the molecule is CC1(C)CC2C3OC(C(OC(=O)c4ccccc4)C3OC(=O)c3ccccc3)C2C(C)(C)C1. The quantitative estimate of drug-likeness (QED) is 0.594. The molecule has 6 atom stereocenters. The summed E-state index contributed by atoms with van der Waals surface area (Å²) in [5.41, 5.74) is 1.16. The van der Waals surface area contributed by atoms with Crippen LogP contribution < -0.4 is 0 Å². The van der Waals surface area contributed by atoms with Gasteiger partial charge >= 0.3 is 11.9 Å². The van der Waals surface area contributed by atoms with E-state index in [0.717, 1.165) is 12.8 Å². The third-order valence-corrected chi connectivity index (χ3v) is 7.65. The van der Waals surface area contributed by atoms with Crippen molar-refractivity contribution in [2.45, 2.75) is 65.0 Å². The first-order valence-corrected chi connectivity index (χ1v) is 11.8. The number of hydrogen-bond acceptors (Lipinski definition) is 5. The van der Waals surface area contributed by atoms with E-state index < -0.39 is 24.1 Å². The van der Waals surface area contributed by atoms with Crippen molar-refractivity contribution in [3.05, 3.63) is 71.8 Å². The largest absolute Gasteiger partial charge is 0.452 e. The van der Waals surface area contributed by atoms with Crippen LogP contribution in [-0.4, -0.2) is 36.4 Å². The van der Waals surface area contributed by atoms with Crippen LogP contribution in [0.15, 0.2) is 60.7 Å². The Kier molecular flexibility index (Phi) is 5.36. The number of rotatable bonds is 4. The zero-order valence-corrected chi connectivity index (χ0v) is 19.7. The summed E-state index contributed by atoms with van der Waals surface area (Å²) in [5, 5.41) is 0. The van der Waals surface area contributed by atoms with Gasteiger partial charge in [-0.25, -0.2) is 9.59 Å². The molecule has 2 aliphatic heterocycles. The Balaban J connectivity index is 1.46. The molecule has 33 heavy (non-hydrogen) atoms. The van der Waals surface area contributed by atoms with Crippen molar-refractivity contribution in [2.24, 2.45) is 22.7 Å². The number of fused-ring (bicyclic) bond motifs is 5. The van der Waals surface area contributed by atoms with E-state index in [2.05, 4.69) is 27.7 Å². The summed E-state index contributed by atoms with van der Waals surface area (Å²) in [5.74, 6) is -0.323. The van der Waals surface area contributed by atoms with Crippen molar-refractivity contribution in [2.75, 3.05) is 0 Å². The van der Waals surface area contributed by atoms with Crippen LogP contribution in [0.25, 0.3) is 0 Å². The zero-order valence-electron chi connectivity index (χ0n) is 19.7. The zero-order chi connectivity index (χ0) is 23.4. The molecular formula is C28H32O5. The van der Waals surface area contributed by atoms with Gasteiger partial charge in [-0.2, -0.15) is 0 Å². The molecule has 3 aliphatic rings. The molecule has 1 aliphatic carbocycles. The number of carbonyl (C=O) groups is 2. The molecule has 2 heterocycles. The molecule has 0 amide bonds. The summed E-state index contributed by atoms with van der Waals surface area (Å²) in [6, 6.07) is 17.9. The highest BCUT2D eigenvalue weighted by molar-refractivity contribution is 5.90. The molecule has 2 aromatic rings. The lowest BCUT2D eigenvalue weighted by Gasteiger charge is -2.53. The predicted octanol–water partition coefficient (Wildman–Crippen LogP) is 5.30. The second kappa shape index (κ2) is 7.98. The normalized spacial score (nSPS) is 33.2. The number of carbonyl (C=O) groups excluding carboxylic acids is 2. The topological polar surface area (TPSA) is 61.8 Å². The molecule has 6 unspecified atom stereocenters. The van der Waals surface area contributed by atoms with Crippen molar-refractivity contribution in [1.29, 1.82) is 0 Å². The van der Waals surface area contributed by atoms with Gasteiger partial charge in [0.2, 0.25) is 0 Å². The number of hydrogen-bond donors (Lipinski definition) is 0. The summed E-state index contributed by atoms with van der Waals surface area (Å²) in [7, 11) is 0. The minimum absolute atomic E-state index is 0.0254. The van der Waals surface area contributed by atoms with Crippen molar-refractivity contribution in [3.63, 3.8) is 0 Å². The molecule has 3 fully saturated rings. The van der Waals surface area contributed by atoms with Gasteiger partial charge in [0.1, 0.15) is 12.2 Å². The maximum absolute atomic E-state index is 13.0. The fourth-order valence-electron chi connectivity index (χ4n) is 6.92. The molecule has 2 saturated heterocycles. The molecule has 5 nitrogen and oxygen atoms in total. The van der Waals surface area contributed by atoms with Crippen LogP contribution in [0, 0.1) is 22.7 Å². The number of ether oxygens (including phenoxy) is 3. The van der Waals surface area contributed by atoms with E-state index in [4.69, 9.17) is 14.2 Å². The van der Waals surface area contributed by atoms with Crippen LogP contribution in [0.4, 0.5) is 0 Å². The van der Waals surface area contributed by atoms with Gasteiger partial charge in [-0.05, 0) is 59.8 Å².